The Morgan fingerprint density at radius 1 is 1.20 bits per heavy atom. The molecule has 0 bridgehead atoms. The molecule has 0 fully saturated rings. The van der Waals surface area contributed by atoms with Crippen LogP contribution in [-0.2, 0) is 6.42 Å². The summed E-state index contributed by atoms with van der Waals surface area (Å²) in [4.78, 5) is 0. The summed E-state index contributed by atoms with van der Waals surface area (Å²) in [6.45, 7) is 0.291. The van der Waals surface area contributed by atoms with Crippen molar-refractivity contribution in [3.8, 4) is 11.5 Å². The van der Waals surface area contributed by atoms with Crippen molar-refractivity contribution in [2.24, 2.45) is 0 Å². The highest BCUT2D eigenvalue weighted by Gasteiger charge is 2.13. The van der Waals surface area contributed by atoms with Crippen molar-refractivity contribution in [2.45, 2.75) is 6.42 Å². The molecule has 0 atom stereocenters. The minimum atomic E-state index is 0.291. The van der Waals surface area contributed by atoms with Crippen LogP contribution in [0.3, 0.4) is 0 Å². The fraction of sp³-hybridized carbons (Fsp3) is 0.200. The summed E-state index contributed by atoms with van der Waals surface area (Å²) in [5.41, 5.74) is 1.06. The van der Waals surface area contributed by atoms with E-state index in [-0.39, 0.29) is 0 Å². The summed E-state index contributed by atoms with van der Waals surface area (Å²) in [7, 11) is 0. The third kappa shape index (κ3) is 1.52. The van der Waals surface area contributed by atoms with E-state index in [1.54, 1.807) is 0 Å². The highest BCUT2D eigenvalue weighted by Crippen LogP contribution is 2.32. The highest BCUT2D eigenvalue weighted by atomic mass is 16.7. The standard InChI is InChI=1S/C10H8N2O3/c1-2-8-9(15-6-14-8)3-7(1)4-10-12-11-5-13-10/h1-3,5H,4,6H2. The fourth-order valence-corrected chi connectivity index (χ4v) is 1.50. The molecule has 1 aromatic heterocycles. The molecule has 0 amide bonds. The average molecular weight is 204 g/mol. The Kier molecular flexibility index (Phi) is 1.81. The first-order valence-electron chi connectivity index (χ1n) is 4.55. The Balaban J connectivity index is 1.87. The lowest BCUT2D eigenvalue weighted by Gasteiger charge is -1.99. The maximum atomic E-state index is 5.27. The van der Waals surface area contributed by atoms with Gasteiger partial charge in [0.1, 0.15) is 0 Å². The predicted molar refractivity (Wildman–Crippen MR) is 49.7 cm³/mol. The molecular formula is C10H8N2O3. The number of benzene rings is 1. The molecule has 0 aliphatic carbocycles. The number of hydrogen-bond acceptors (Lipinski definition) is 5. The second-order valence-electron chi connectivity index (χ2n) is 3.20. The molecule has 2 heterocycles. The maximum absolute atomic E-state index is 5.27. The second kappa shape index (κ2) is 3.27. The molecular weight excluding hydrogens is 196 g/mol. The van der Waals surface area contributed by atoms with Gasteiger partial charge >= 0.3 is 0 Å². The molecule has 1 aromatic carbocycles. The number of fused-ring (bicyclic) bond motifs is 1. The molecule has 0 unspecified atom stereocenters. The van der Waals surface area contributed by atoms with Crippen LogP contribution in [0.25, 0.3) is 0 Å². The van der Waals surface area contributed by atoms with Crippen molar-refractivity contribution in [2.75, 3.05) is 6.79 Å². The molecule has 0 spiro atoms. The van der Waals surface area contributed by atoms with Crippen molar-refractivity contribution in [3.63, 3.8) is 0 Å². The molecule has 1 aliphatic rings. The number of ether oxygens (including phenoxy) is 2. The van der Waals surface area contributed by atoms with Crippen LogP contribution in [0.15, 0.2) is 29.0 Å². The van der Waals surface area contributed by atoms with Gasteiger partial charge in [-0.2, -0.15) is 0 Å². The molecule has 2 aromatic rings. The van der Waals surface area contributed by atoms with Gasteiger partial charge in [-0.3, -0.25) is 0 Å². The second-order valence-corrected chi connectivity index (χ2v) is 3.20. The van der Waals surface area contributed by atoms with Crippen molar-refractivity contribution in [1.82, 2.24) is 10.2 Å². The topological polar surface area (TPSA) is 57.4 Å². The molecule has 0 saturated heterocycles. The van der Waals surface area contributed by atoms with Gasteiger partial charge in [0.15, 0.2) is 11.5 Å². The minimum Gasteiger partial charge on any atom is -0.454 e. The smallest absolute Gasteiger partial charge is 0.231 e. The van der Waals surface area contributed by atoms with E-state index in [1.165, 1.54) is 6.39 Å². The normalized spacial score (nSPS) is 13.1. The molecule has 3 rings (SSSR count). The van der Waals surface area contributed by atoms with Crippen LogP contribution in [0, 0.1) is 0 Å². The zero-order chi connectivity index (χ0) is 10.1. The Hall–Kier alpha value is -2.04. The van der Waals surface area contributed by atoms with Crippen molar-refractivity contribution in [1.29, 1.82) is 0 Å². The lowest BCUT2D eigenvalue weighted by molar-refractivity contribution is 0.174. The first-order chi connectivity index (χ1) is 7.42. The molecule has 15 heavy (non-hydrogen) atoms. The van der Waals surface area contributed by atoms with Gasteiger partial charge < -0.3 is 13.9 Å². The zero-order valence-corrected chi connectivity index (χ0v) is 7.84. The third-order valence-corrected chi connectivity index (χ3v) is 2.20. The summed E-state index contributed by atoms with van der Waals surface area (Å²) in [6, 6.07) is 5.76. The number of rotatable bonds is 2. The van der Waals surface area contributed by atoms with Crippen LogP contribution < -0.4 is 9.47 Å². The van der Waals surface area contributed by atoms with Gasteiger partial charge in [-0.05, 0) is 17.7 Å². The molecule has 1 aliphatic heterocycles. The molecule has 76 valence electrons. The van der Waals surface area contributed by atoms with E-state index in [2.05, 4.69) is 10.2 Å². The Morgan fingerprint density at radius 2 is 2.13 bits per heavy atom. The van der Waals surface area contributed by atoms with Gasteiger partial charge in [0.25, 0.3) is 0 Å². The summed E-state index contributed by atoms with van der Waals surface area (Å²) in [5, 5.41) is 7.43. The van der Waals surface area contributed by atoms with E-state index in [0.717, 1.165) is 17.1 Å². The van der Waals surface area contributed by atoms with E-state index in [9.17, 15) is 0 Å². The quantitative estimate of drug-likeness (QED) is 0.739. The van der Waals surface area contributed by atoms with Crippen LogP contribution in [0.1, 0.15) is 11.5 Å². The molecule has 0 radical (unpaired) electrons. The van der Waals surface area contributed by atoms with E-state index in [1.807, 2.05) is 18.2 Å². The molecule has 0 N–H and O–H groups in total. The van der Waals surface area contributed by atoms with Crippen LogP contribution >= 0.6 is 0 Å². The van der Waals surface area contributed by atoms with Gasteiger partial charge in [0.2, 0.25) is 19.1 Å². The predicted octanol–water partition coefficient (Wildman–Crippen LogP) is 1.39. The first-order valence-corrected chi connectivity index (χ1v) is 4.55. The minimum absolute atomic E-state index is 0.291. The Morgan fingerprint density at radius 3 is 3.00 bits per heavy atom. The van der Waals surface area contributed by atoms with Gasteiger partial charge in [-0.15, -0.1) is 10.2 Å². The van der Waals surface area contributed by atoms with E-state index in [0.29, 0.717) is 19.1 Å². The number of aromatic nitrogens is 2. The molecule has 0 saturated carbocycles. The summed E-state index contributed by atoms with van der Waals surface area (Å²) in [5.74, 6) is 2.14. The van der Waals surface area contributed by atoms with Crippen LogP contribution in [-0.4, -0.2) is 17.0 Å². The number of hydrogen-bond donors (Lipinski definition) is 0. The van der Waals surface area contributed by atoms with Gasteiger partial charge in [-0.25, -0.2) is 0 Å². The Bertz CT molecular complexity index is 468. The zero-order valence-electron chi connectivity index (χ0n) is 7.84. The fourth-order valence-electron chi connectivity index (χ4n) is 1.50. The van der Waals surface area contributed by atoms with E-state index < -0.39 is 0 Å². The average Bonchev–Trinajstić information content (AvgIpc) is 2.87. The third-order valence-electron chi connectivity index (χ3n) is 2.20. The van der Waals surface area contributed by atoms with Crippen LogP contribution in [0.5, 0.6) is 11.5 Å². The van der Waals surface area contributed by atoms with Crippen molar-refractivity contribution in [3.05, 3.63) is 36.0 Å². The summed E-state index contributed by atoms with van der Waals surface area (Å²) >= 11 is 0. The monoisotopic (exact) mass is 204 g/mol. The molecule has 5 nitrogen and oxygen atoms in total. The first kappa shape index (κ1) is 8.28. The summed E-state index contributed by atoms with van der Waals surface area (Å²) < 4.78 is 15.5. The largest absolute Gasteiger partial charge is 0.454 e. The van der Waals surface area contributed by atoms with Gasteiger partial charge in [0, 0.05) is 0 Å². The van der Waals surface area contributed by atoms with Crippen LogP contribution in [0.4, 0.5) is 0 Å². The maximum Gasteiger partial charge on any atom is 0.231 e. The van der Waals surface area contributed by atoms with E-state index in [4.69, 9.17) is 13.9 Å². The lowest BCUT2D eigenvalue weighted by Crippen LogP contribution is -1.93. The summed E-state index contributed by atoms with van der Waals surface area (Å²) in [6.07, 6.45) is 1.93. The van der Waals surface area contributed by atoms with Crippen molar-refractivity contribution < 1.29 is 13.9 Å². The molecule has 5 heteroatoms. The Labute approximate surface area is 85.6 Å². The van der Waals surface area contributed by atoms with Crippen LogP contribution in [0.2, 0.25) is 0 Å². The number of nitrogens with zero attached hydrogens (tertiary/aromatic N) is 2. The lowest BCUT2D eigenvalue weighted by atomic mass is 10.1. The van der Waals surface area contributed by atoms with Gasteiger partial charge in [-0.1, -0.05) is 6.07 Å². The SMILES string of the molecule is c1nnc(Cc2ccc3c(c2)OCO3)o1. The van der Waals surface area contributed by atoms with Crippen molar-refractivity contribution >= 4 is 0 Å². The highest BCUT2D eigenvalue weighted by molar-refractivity contribution is 5.44. The van der Waals surface area contributed by atoms with E-state index >= 15 is 0 Å². The van der Waals surface area contributed by atoms with Gasteiger partial charge in [0.05, 0.1) is 6.42 Å².